The van der Waals surface area contributed by atoms with Crippen molar-refractivity contribution in [3.8, 4) is 5.75 Å². The number of benzene rings is 1. The summed E-state index contributed by atoms with van der Waals surface area (Å²) in [6, 6.07) is 4.82. The Morgan fingerprint density at radius 2 is 2.04 bits per heavy atom. The second-order valence-corrected chi connectivity index (χ2v) is 8.80. The van der Waals surface area contributed by atoms with E-state index in [2.05, 4.69) is 0 Å². The van der Waals surface area contributed by atoms with Crippen LogP contribution in [0, 0.1) is 11.8 Å². The third-order valence-corrected chi connectivity index (χ3v) is 6.93. The first-order valence-electron chi connectivity index (χ1n) is 8.13. The first-order valence-corrected chi connectivity index (χ1v) is 9.95. The number of nitrogens with two attached hydrogens (primary N) is 1. The molecular weight excluding hydrogens is 336 g/mol. The van der Waals surface area contributed by atoms with Crippen LogP contribution in [-0.4, -0.2) is 39.0 Å². The highest BCUT2D eigenvalue weighted by Gasteiger charge is 2.34. The van der Waals surface area contributed by atoms with Gasteiger partial charge in [0.15, 0.2) is 0 Å². The first kappa shape index (κ1) is 17.0. The molecule has 1 saturated carbocycles. The van der Waals surface area contributed by atoms with Crippen molar-refractivity contribution in [2.75, 3.05) is 26.2 Å². The van der Waals surface area contributed by atoms with E-state index in [4.69, 9.17) is 22.1 Å². The lowest BCUT2D eigenvalue weighted by atomic mass is 9.86. The molecule has 1 atom stereocenters. The summed E-state index contributed by atoms with van der Waals surface area (Å²) in [5.74, 6) is 1.16. The molecule has 23 heavy (non-hydrogen) atoms. The molecule has 0 amide bonds. The lowest BCUT2D eigenvalue weighted by molar-refractivity contribution is 0.177. The molecule has 1 unspecified atom stereocenters. The van der Waals surface area contributed by atoms with Crippen LogP contribution in [-0.2, 0) is 10.0 Å². The highest BCUT2D eigenvalue weighted by Crippen LogP contribution is 2.34. The third-order valence-electron chi connectivity index (χ3n) is 4.80. The highest BCUT2D eigenvalue weighted by atomic mass is 35.5. The van der Waals surface area contributed by atoms with E-state index >= 15 is 0 Å². The predicted octanol–water partition coefficient (Wildman–Crippen LogP) is 2.49. The Bertz CT molecular complexity index is 661. The smallest absolute Gasteiger partial charge is 0.246 e. The summed E-state index contributed by atoms with van der Waals surface area (Å²) in [7, 11) is -3.60. The molecule has 1 aliphatic heterocycles. The summed E-state index contributed by atoms with van der Waals surface area (Å²) < 4.78 is 33.2. The Labute approximate surface area is 142 Å². The second-order valence-electron chi connectivity index (χ2n) is 6.45. The van der Waals surface area contributed by atoms with Crippen LogP contribution >= 0.6 is 11.6 Å². The summed E-state index contributed by atoms with van der Waals surface area (Å²) in [6.45, 7) is 2.04. The number of halogens is 1. The molecule has 128 valence electrons. The van der Waals surface area contributed by atoms with E-state index in [1.165, 1.54) is 16.8 Å². The van der Waals surface area contributed by atoms with Gasteiger partial charge in [-0.25, -0.2) is 8.42 Å². The summed E-state index contributed by atoms with van der Waals surface area (Å²) in [4.78, 5) is 0.169. The number of sulfonamides is 1. The summed E-state index contributed by atoms with van der Waals surface area (Å²) >= 11 is 6.03. The highest BCUT2D eigenvalue weighted by molar-refractivity contribution is 7.89. The molecule has 0 bridgehead atoms. The zero-order valence-electron chi connectivity index (χ0n) is 13.1. The van der Waals surface area contributed by atoms with Gasteiger partial charge in [0.05, 0.1) is 6.61 Å². The van der Waals surface area contributed by atoms with Crippen LogP contribution in [0.25, 0.3) is 0 Å². The lowest BCUT2D eigenvalue weighted by Gasteiger charge is -2.26. The van der Waals surface area contributed by atoms with Crippen molar-refractivity contribution in [1.29, 1.82) is 0 Å². The van der Waals surface area contributed by atoms with Gasteiger partial charge in [-0.15, -0.1) is 0 Å². The minimum atomic E-state index is -3.60. The fourth-order valence-electron chi connectivity index (χ4n) is 3.02. The van der Waals surface area contributed by atoms with Gasteiger partial charge in [0.25, 0.3) is 0 Å². The van der Waals surface area contributed by atoms with Gasteiger partial charge < -0.3 is 10.5 Å². The van der Waals surface area contributed by atoms with E-state index in [1.54, 1.807) is 12.1 Å². The average Bonchev–Trinajstić information content (AvgIpc) is 2.96. The molecule has 1 heterocycles. The molecule has 2 fully saturated rings. The molecule has 2 aliphatic rings. The summed E-state index contributed by atoms with van der Waals surface area (Å²) in [6.07, 6.45) is 4.34. The van der Waals surface area contributed by atoms with Gasteiger partial charge in [0, 0.05) is 18.1 Å². The zero-order chi connectivity index (χ0) is 16.4. The van der Waals surface area contributed by atoms with E-state index in [0.29, 0.717) is 42.9 Å². The maximum Gasteiger partial charge on any atom is 0.246 e. The molecule has 5 nitrogen and oxygen atoms in total. The molecule has 0 spiro atoms. The maximum atomic E-state index is 12.9. The van der Waals surface area contributed by atoms with E-state index in [1.807, 2.05) is 0 Å². The van der Waals surface area contributed by atoms with Crippen LogP contribution in [0.5, 0.6) is 5.75 Å². The molecule has 3 rings (SSSR count). The Morgan fingerprint density at radius 3 is 2.65 bits per heavy atom. The van der Waals surface area contributed by atoms with Gasteiger partial charge >= 0.3 is 0 Å². The van der Waals surface area contributed by atoms with E-state index in [-0.39, 0.29) is 10.8 Å². The summed E-state index contributed by atoms with van der Waals surface area (Å²) in [5, 5.41) is 0.397. The standard InChI is InChI=1S/C16H23ClN2O3S/c17-14-4-5-15(22-11-12-2-1-3-12)16(8-14)23(20,21)19-7-6-13(9-18)10-19/h4-5,8,12-13H,1-3,6-7,9-11,18H2. The normalized spacial score (nSPS) is 23.0. The number of hydrogen-bond acceptors (Lipinski definition) is 4. The number of nitrogens with zero attached hydrogens (tertiary/aromatic N) is 1. The minimum absolute atomic E-state index is 0.169. The molecule has 0 aromatic heterocycles. The van der Waals surface area contributed by atoms with E-state index < -0.39 is 10.0 Å². The van der Waals surface area contributed by atoms with Crippen molar-refractivity contribution in [1.82, 2.24) is 4.31 Å². The largest absolute Gasteiger partial charge is 0.492 e. The van der Waals surface area contributed by atoms with Crippen molar-refractivity contribution < 1.29 is 13.2 Å². The number of ether oxygens (including phenoxy) is 1. The van der Waals surface area contributed by atoms with Gasteiger partial charge in [0.2, 0.25) is 10.0 Å². The molecule has 0 radical (unpaired) electrons. The fourth-order valence-corrected chi connectivity index (χ4v) is 4.94. The molecule has 1 aromatic rings. The van der Waals surface area contributed by atoms with Gasteiger partial charge in [-0.05, 0) is 55.8 Å². The Morgan fingerprint density at radius 1 is 1.26 bits per heavy atom. The molecule has 1 aromatic carbocycles. The molecular formula is C16H23ClN2O3S. The minimum Gasteiger partial charge on any atom is -0.492 e. The van der Waals surface area contributed by atoms with Crippen LogP contribution in [0.15, 0.2) is 23.1 Å². The fraction of sp³-hybridized carbons (Fsp3) is 0.625. The van der Waals surface area contributed by atoms with Gasteiger partial charge in [-0.1, -0.05) is 18.0 Å². The van der Waals surface area contributed by atoms with Gasteiger partial charge in [0.1, 0.15) is 10.6 Å². The van der Waals surface area contributed by atoms with Gasteiger partial charge in [-0.3, -0.25) is 0 Å². The lowest BCUT2D eigenvalue weighted by Crippen LogP contribution is -2.30. The molecule has 2 N–H and O–H groups in total. The Balaban J connectivity index is 1.83. The van der Waals surface area contributed by atoms with Crippen molar-refractivity contribution in [3.05, 3.63) is 23.2 Å². The molecule has 7 heteroatoms. The topological polar surface area (TPSA) is 72.6 Å². The monoisotopic (exact) mass is 358 g/mol. The Kier molecular flexibility index (Phi) is 5.16. The van der Waals surface area contributed by atoms with Crippen LogP contribution in [0.2, 0.25) is 5.02 Å². The van der Waals surface area contributed by atoms with Crippen molar-refractivity contribution in [2.45, 2.75) is 30.6 Å². The van der Waals surface area contributed by atoms with Crippen LogP contribution < -0.4 is 10.5 Å². The van der Waals surface area contributed by atoms with E-state index in [0.717, 1.165) is 19.3 Å². The maximum absolute atomic E-state index is 12.9. The van der Waals surface area contributed by atoms with Crippen molar-refractivity contribution >= 4 is 21.6 Å². The number of hydrogen-bond donors (Lipinski definition) is 1. The Hall–Kier alpha value is -0.820. The van der Waals surface area contributed by atoms with Crippen LogP contribution in [0.4, 0.5) is 0 Å². The summed E-state index contributed by atoms with van der Waals surface area (Å²) in [5.41, 5.74) is 5.67. The predicted molar refractivity (Wildman–Crippen MR) is 90.2 cm³/mol. The number of rotatable bonds is 6. The van der Waals surface area contributed by atoms with Crippen molar-refractivity contribution in [3.63, 3.8) is 0 Å². The molecule has 1 aliphatic carbocycles. The zero-order valence-corrected chi connectivity index (χ0v) is 14.7. The van der Waals surface area contributed by atoms with Crippen LogP contribution in [0.1, 0.15) is 25.7 Å². The van der Waals surface area contributed by atoms with Crippen LogP contribution in [0.3, 0.4) is 0 Å². The van der Waals surface area contributed by atoms with E-state index in [9.17, 15) is 8.42 Å². The quantitative estimate of drug-likeness (QED) is 0.847. The third kappa shape index (κ3) is 3.65. The van der Waals surface area contributed by atoms with Crippen molar-refractivity contribution in [2.24, 2.45) is 17.6 Å². The first-order chi connectivity index (χ1) is 11.0. The molecule has 1 saturated heterocycles. The van der Waals surface area contributed by atoms with Gasteiger partial charge in [-0.2, -0.15) is 4.31 Å². The average molecular weight is 359 g/mol. The SMILES string of the molecule is NCC1CCN(S(=O)(=O)c2cc(Cl)ccc2OCC2CCC2)C1. The second kappa shape index (κ2) is 6.97.